The number of nitrogens with one attached hydrogen (secondary N) is 1. The van der Waals surface area contributed by atoms with E-state index in [0.29, 0.717) is 0 Å². The quantitative estimate of drug-likeness (QED) is 0.407. The van der Waals surface area contributed by atoms with Crippen LogP contribution >= 0.6 is 0 Å². The lowest BCUT2D eigenvalue weighted by Crippen LogP contribution is -2.07. The monoisotopic (exact) mass is 337 g/mol. The summed E-state index contributed by atoms with van der Waals surface area (Å²) in [6.07, 6.45) is 12.0. The van der Waals surface area contributed by atoms with Gasteiger partial charge in [0, 0.05) is 0 Å². The summed E-state index contributed by atoms with van der Waals surface area (Å²) < 4.78 is 6.09. The summed E-state index contributed by atoms with van der Waals surface area (Å²) in [6, 6.07) is 12.4. The lowest BCUT2D eigenvalue weighted by atomic mass is 9.97. The highest BCUT2D eigenvalue weighted by Crippen LogP contribution is 2.44. The summed E-state index contributed by atoms with van der Waals surface area (Å²) in [5.41, 5.74) is 5.01. The first-order chi connectivity index (χ1) is 12.3. The largest absolute Gasteiger partial charge is 0.453 e. The molecule has 3 rings (SSSR count). The van der Waals surface area contributed by atoms with Crippen molar-refractivity contribution in [2.24, 2.45) is 0 Å². The molecule has 2 aromatic carbocycles. The summed E-state index contributed by atoms with van der Waals surface area (Å²) in [7, 11) is 0. The first kappa shape index (κ1) is 17.8. The third-order valence-corrected chi connectivity index (χ3v) is 5.16. The average molecular weight is 338 g/mol. The fourth-order valence-corrected chi connectivity index (χ4v) is 3.62. The molecule has 0 radical (unpaired) electrons. The van der Waals surface area contributed by atoms with E-state index >= 15 is 0 Å². The van der Waals surface area contributed by atoms with Crippen LogP contribution in [0.1, 0.15) is 69.4 Å². The summed E-state index contributed by atoms with van der Waals surface area (Å²) >= 11 is 0. The van der Waals surface area contributed by atoms with Crippen molar-refractivity contribution < 1.29 is 4.74 Å². The second-order valence-electron chi connectivity index (χ2n) is 7.18. The van der Waals surface area contributed by atoms with Crippen molar-refractivity contribution in [1.29, 1.82) is 0 Å². The second-order valence-corrected chi connectivity index (χ2v) is 7.18. The van der Waals surface area contributed by atoms with Gasteiger partial charge in [-0.3, -0.25) is 0 Å². The molecule has 0 saturated heterocycles. The molecule has 0 aromatic heterocycles. The van der Waals surface area contributed by atoms with Crippen LogP contribution < -0.4 is 10.1 Å². The van der Waals surface area contributed by atoms with Gasteiger partial charge < -0.3 is 10.1 Å². The number of hydrogen-bond acceptors (Lipinski definition) is 2. The van der Waals surface area contributed by atoms with Crippen molar-refractivity contribution in [2.75, 3.05) is 5.32 Å². The molecule has 1 aliphatic heterocycles. The Morgan fingerprint density at radius 2 is 1.52 bits per heavy atom. The van der Waals surface area contributed by atoms with Gasteiger partial charge in [0.1, 0.15) is 0 Å². The minimum absolute atomic E-state index is 0.914. The Labute approximate surface area is 152 Å². The average Bonchev–Trinajstić information content (AvgIpc) is 2.64. The summed E-state index contributed by atoms with van der Waals surface area (Å²) in [4.78, 5) is 0. The number of aryl methyl sites for hydroxylation is 1. The zero-order valence-corrected chi connectivity index (χ0v) is 15.7. The molecule has 0 unspecified atom stereocenters. The first-order valence-electron chi connectivity index (χ1n) is 9.96. The van der Waals surface area contributed by atoms with E-state index in [2.05, 4.69) is 37.4 Å². The highest BCUT2D eigenvalue weighted by molar-refractivity contribution is 5.78. The Hall–Kier alpha value is -1.96. The van der Waals surface area contributed by atoms with Gasteiger partial charge in [-0.05, 0) is 49.1 Å². The van der Waals surface area contributed by atoms with Gasteiger partial charge in [-0.2, -0.15) is 0 Å². The second kappa shape index (κ2) is 8.94. The Balaban J connectivity index is 1.56. The van der Waals surface area contributed by atoms with Crippen molar-refractivity contribution in [3.63, 3.8) is 0 Å². The zero-order chi connectivity index (χ0) is 17.5. The number of rotatable bonds is 9. The van der Waals surface area contributed by atoms with Crippen LogP contribution in [0.25, 0.3) is 0 Å². The number of benzene rings is 2. The topological polar surface area (TPSA) is 21.3 Å². The van der Waals surface area contributed by atoms with E-state index in [0.717, 1.165) is 23.6 Å². The minimum Gasteiger partial charge on any atom is -0.453 e. The van der Waals surface area contributed by atoms with Gasteiger partial charge in [-0.15, -0.1) is 0 Å². The number of fused-ring (bicyclic) bond motifs is 2. The Kier molecular flexibility index (Phi) is 6.38. The minimum atomic E-state index is 0.914. The molecule has 1 N–H and O–H groups in total. The molecule has 2 nitrogen and oxygen atoms in total. The van der Waals surface area contributed by atoms with E-state index in [4.69, 9.17) is 4.74 Å². The Bertz CT molecular complexity index is 692. The number of hydrogen-bond donors (Lipinski definition) is 1. The van der Waals surface area contributed by atoms with Gasteiger partial charge in [-0.1, -0.05) is 70.1 Å². The van der Waals surface area contributed by atoms with Crippen LogP contribution in [0.4, 0.5) is 11.4 Å². The molecule has 0 spiro atoms. The zero-order valence-electron chi connectivity index (χ0n) is 15.7. The molecule has 0 bridgehead atoms. The molecule has 0 amide bonds. The summed E-state index contributed by atoms with van der Waals surface area (Å²) in [5, 5.41) is 3.60. The molecule has 0 atom stereocenters. The third kappa shape index (κ3) is 4.56. The first-order valence-corrected chi connectivity index (χ1v) is 9.96. The molecule has 0 saturated carbocycles. The number of ether oxygens (including phenoxy) is 1. The summed E-state index contributed by atoms with van der Waals surface area (Å²) in [5.74, 6) is 1.87. The standard InChI is InChI=1S/C23H31NO/c1-3-4-5-6-7-8-9-10-13-19-18(2)16-17-22-23(19)24-20-14-11-12-15-21(20)25-22/h11-12,14-17,24H,3-10,13H2,1-2H3. The maximum atomic E-state index is 6.09. The highest BCUT2D eigenvalue weighted by atomic mass is 16.5. The van der Waals surface area contributed by atoms with E-state index < -0.39 is 0 Å². The van der Waals surface area contributed by atoms with E-state index in [1.165, 1.54) is 68.2 Å². The predicted molar refractivity (Wildman–Crippen MR) is 107 cm³/mol. The van der Waals surface area contributed by atoms with Crippen LogP contribution in [0.2, 0.25) is 0 Å². The van der Waals surface area contributed by atoms with Crippen LogP contribution in [-0.2, 0) is 6.42 Å². The smallest absolute Gasteiger partial charge is 0.151 e. The maximum absolute atomic E-state index is 6.09. The molecule has 134 valence electrons. The van der Waals surface area contributed by atoms with Crippen molar-refractivity contribution >= 4 is 11.4 Å². The SMILES string of the molecule is CCCCCCCCCCc1c(C)ccc2c1Nc1ccccc1O2. The van der Waals surface area contributed by atoms with Crippen LogP contribution in [0.3, 0.4) is 0 Å². The van der Waals surface area contributed by atoms with Crippen molar-refractivity contribution in [1.82, 2.24) is 0 Å². The van der Waals surface area contributed by atoms with Gasteiger partial charge in [-0.25, -0.2) is 0 Å². The van der Waals surface area contributed by atoms with E-state index in [1.807, 2.05) is 18.2 Å². The van der Waals surface area contributed by atoms with Crippen LogP contribution in [0.15, 0.2) is 36.4 Å². The normalized spacial score (nSPS) is 12.1. The van der Waals surface area contributed by atoms with Crippen LogP contribution in [0, 0.1) is 6.92 Å². The van der Waals surface area contributed by atoms with Crippen molar-refractivity contribution in [3.8, 4) is 11.5 Å². The summed E-state index contributed by atoms with van der Waals surface area (Å²) in [6.45, 7) is 4.49. The maximum Gasteiger partial charge on any atom is 0.151 e. The molecular formula is C23H31NO. The number of anilines is 2. The molecule has 2 heteroatoms. The van der Waals surface area contributed by atoms with Crippen molar-refractivity contribution in [2.45, 2.75) is 71.6 Å². The molecule has 25 heavy (non-hydrogen) atoms. The van der Waals surface area contributed by atoms with E-state index in [9.17, 15) is 0 Å². The van der Waals surface area contributed by atoms with Gasteiger partial charge in [0.2, 0.25) is 0 Å². The third-order valence-electron chi connectivity index (χ3n) is 5.16. The van der Waals surface area contributed by atoms with Crippen LogP contribution in [-0.4, -0.2) is 0 Å². The van der Waals surface area contributed by atoms with Crippen LogP contribution in [0.5, 0.6) is 11.5 Å². The van der Waals surface area contributed by atoms with Gasteiger partial charge in [0.25, 0.3) is 0 Å². The molecule has 0 aliphatic carbocycles. The molecule has 2 aromatic rings. The van der Waals surface area contributed by atoms with E-state index in [1.54, 1.807) is 0 Å². The molecular weight excluding hydrogens is 306 g/mol. The highest BCUT2D eigenvalue weighted by Gasteiger charge is 2.19. The van der Waals surface area contributed by atoms with Gasteiger partial charge in [0.15, 0.2) is 11.5 Å². The van der Waals surface area contributed by atoms with E-state index in [-0.39, 0.29) is 0 Å². The molecule has 0 fully saturated rings. The predicted octanol–water partition coefficient (Wildman–Crippen LogP) is 7.53. The Morgan fingerprint density at radius 1 is 0.800 bits per heavy atom. The fourth-order valence-electron chi connectivity index (χ4n) is 3.62. The fraction of sp³-hybridized carbons (Fsp3) is 0.478. The number of para-hydroxylation sites is 2. The van der Waals surface area contributed by atoms with Gasteiger partial charge in [0.05, 0.1) is 11.4 Å². The van der Waals surface area contributed by atoms with Gasteiger partial charge >= 0.3 is 0 Å². The molecule has 1 aliphatic rings. The van der Waals surface area contributed by atoms with Crippen molar-refractivity contribution in [3.05, 3.63) is 47.5 Å². The molecule has 1 heterocycles. The lowest BCUT2D eigenvalue weighted by Gasteiger charge is -2.25. The Morgan fingerprint density at radius 3 is 2.32 bits per heavy atom. The number of unbranched alkanes of at least 4 members (excludes halogenated alkanes) is 7. The lowest BCUT2D eigenvalue weighted by molar-refractivity contribution is 0.480.